The number of rotatable bonds is 5. The van der Waals surface area contributed by atoms with Crippen LogP contribution in [0, 0.1) is 0 Å². The third kappa shape index (κ3) is 4.94. The number of carbonyl (C=O) groups excluding carboxylic acids is 1. The Hall–Kier alpha value is -4.01. The Morgan fingerprint density at radius 2 is 1.71 bits per heavy atom. The first kappa shape index (κ1) is 22.8. The lowest BCUT2D eigenvalue weighted by atomic mass is 10.1. The molecule has 35 heavy (non-hydrogen) atoms. The molecule has 2 aromatic carbocycles. The van der Waals surface area contributed by atoms with E-state index in [-0.39, 0.29) is 12.5 Å². The average molecular weight is 481 g/mol. The number of halogens is 3. The lowest BCUT2D eigenvalue weighted by molar-refractivity contribution is -0.137. The van der Waals surface area contributed by atoms with Gasteiger partial charge in [-0.05, 0) is 48.0 Å². The number of anilines is 1. The van der Waals surface area contributed by atoms with Gasteiger partial charge in [0.1, 0.15) is 23.7 Å². The Kier molecular flexibility index (Phi) is 6.07. The molecule has 1 aliphatic rings. The molecule has 0 radical (unpaired) electrons. The first-order valence-corrected chi connectivity index (χ1v) is 11.1. The van der Waals surface area contributed by atoms with Gasteiger partial charge in [0.2, 0.25) is 0 Å². The van der Waals surface area contributed by atoms with Gasteiger partial charge in [0, 0.05) is 31.6 Å². The molecule has 4 aromatic rings. The second-order valence-corrected chi connectivity index (χ2v) is 8.24. The van der Waals surface area contributed by atoms with Gasteiger partial charge in [0.15, 0.2) is 5.76 Å². The fourth-order valence-electron chi connectivity index (χ4n) is 4.05. The highest BCUT2D eigenvalue weighted by atomic mass is 19.4. The van der Waals surface area contributed by atoms with E-state index < -0.39 is 11.7 Å². The molecule has 1 fully saturated rings. The summed E-state index contributed by atoms with van der Waals surface area (Å²) in [6.07, 6.45) is -2.88. The summed E-state index contributed by atoms with van der Waals surface area (Å²) < 4.78 is 49.5. The van der Waals surface area contributed by atoms with Crippen molar-refractivity contribution >= 4 is 22.6 Å². The van der Waals surface area contributed by atoms with Crippen molar-refractivity contribution < 1.29 is 27.1 Å². The monoisotopic (exact) mass is 481 g/mol. The fourth-order valence-corrected chi connectivity index (χ4v) is 4.05. The smallest absolute Gasteiger partial charge is 0.416 e. The molecule has 0 unspecified atom stereocenters. The van der Waals surface area contributed by atoms with Gasteiger partial charge in [-0.15, -0.1) is 0 Å². The van der Waals surface area contributed by atoms with E-state index in [2.05, 4.69) is 4.90 Å². The number of benzene rings is 2. The summed E-state index contributed by atoms with van der Waals surface area (Å²) in [5, 5.41) is 0.894. The predicted octanol–water partition coefficient (Wildman–Crippen LogP) is 5.39. The van der Waals surface area contributed by atoms with Gasteiger partial charge >= 0.3 is 6.18 Å². The van der Waals surface area contributed by atoms with Crippen LogP contribution in [-0.2, 0) is 12.8 Å². The molecule has 1 saturated heterocycles. The summed E-state index contributed by atoms with van der Waals surface area (Å²) in [4.78, 5) is 21.2. The highest BCUT2D eigenvalue weighted by Gasteiger charge is 2.30. The number of alkyl halides is 3. The van der Waals surface area contributed by atoms with Crippen molar-refractivity contribution in [2.45, 2.75) is 12.8 Å². The van der Waals surface area contributed by atoms with E-state index in [1.165, 1.54) is 18.4 Å². The molecular weight excluding hydrogens is 459 g/mol. The molecule has 1 amide bonds. The normalized spacial score (nSPS) is 14.4. The Labute approximate surface area is 199 Å². The van der Waals surface area contributed by atoms with Crippen LogP contribution in [0.1, 0.15) is 21.7 Å². The maximum Gasteiger partial charge on any atom is 0.416 e. The summed E-state index contributed by atoms with van der Waals surface area (Å²) >= 11 is 0. The first-order chi connectivity index (χ1) is 16.9. The van der Waals surface area contributed by atoms with Gasteiger partial charge in [-0.25, -0.2) is 4.98 Å². The maximum atomic E-state index is 12.8. The summed E-state index contributed by atoms with van der Waals surface area (Å²) in [5.74, 6) is 1.53. The Morgan fingerprint density at radius 1 is 0.943 bits per heavy atom. The zero-order chi connectivity index (χ0) is 24.4. The molecule has 0 bridgehead atoms. The Morgan fingerprint density at radius 3 is 2.40 bits per heavy atom. The van der Waals surface area contributed by atoms with Crippen LogP contribution in [-0.4, -0.2) is 42.0 Å². The van der Waals surface area contributed by atoms with Crippen LogP contribution in [0.25, 0.3) is 10.9 Å². The molecule has 5 rings (SSSR count). The van der Waals surface area contributed by atoms with E-state index in [4.69, 9.17) is 14.1 Å². The molecule has 6 nitrogen and oxygen atoms in total. The molecule has 0 atom stereocenters. The zero-order valence-electron chi connectivity index (χ0n) is 18.7. The van der Waals surface area contributed by atoms with Gasteiger partial charge in [0.05, 0.1) is 11.8 Å². The summed E-state index contributed by atoms with van der Waals surface area (Å²) in [5.41, 5.74) is 0.609. The van der Waals surface area contributed by atoms with Crippen molar-refractivity contribution in [2.24, 2.45) is 0 Å². The number of carbonyl (C=O) groups is 1. The van der Waals surface area contributed by atoms with E-state index in [1.54, 1.807) is 23.1 Å². The third-order valence-electron chi connectivity index (χ3n) is 5.97. The second kappa shape index (κ2) is 9.32. The van der Waals surface area contributed by atoms with Crippen LogP contribution in [0.15, 0.2) is 77.4 Å². The van der Waals surface area contributed by atoms with E-state index >= 15 is 0 Å². The van der Waals surface area contributed by atoms with Gasteiger partial charge < -0.3 is 19.0 Å². The van der Waals surface area contributed by atoms with Crippen LogP contribution in [0.2, 0.25) is 0 Å². The van der Waals surface area contributed by atoms with Crippen molar-refractivity contribution in [1.82, 2.24) is 9.88 Å². The number of furan rings is 1. The number of piperazine rings is 1. The van der Waals surface area contributed by atoms with Gasteiger partial charge in [-0.3, -0.25) is 4.79 Å². The number of ether oxygens (including phenoxy) is 1. The number of hydrogen-bond acceptors (Lipinski definition) is 5. The molecule has 2 aromatic heterocycles. The molecule has 3 heterocycles. The van der Waals surface area contributed by atoms with Crippen molar-refractivity contribution in [1.29, 1.82) is 0 Å². The summed E-state index contributed by atoms with van der Waals surface area (Å²) in [6, 6.07) is 17.8. The number of pyridine rings is 1. The van der Waals surface area contributed by atoms with Crippen LogP contribution >= 0.6 is 0 Å². The SMILES string of the molecule is O=C(c1ccco1)N1CCN(c2ccc3cccc(OCc4ccc(C(F)(F)F)cc4)c3n2)CC1. The third-order valence-corrected chi connectivity index (χ3v) is 5.97. The second-order valence-electron chi connectivity index (χ2n) is 8.24. The lowest BCUT2D eigenvalue weighted by Crippen LogP contribution is -2.49. The largest absolute Gasteiger partial charge is 0.487 e. The van der Waals surface area contributed by atoms with Crippen molar-refractivity contribution in [2.75, 3.05) is 31.1 Å². The Balaban J connectivity index is 1.28. The molecule has 180 valence electrons. The Bertz CT molecular complexity index is 1310. The topological polar surface area (TPSA) is 58.8 Å². The molecule has 0 saturated carbocycles. The number of hydrogen-bond donors (Lipinski definition) is 0. The van der Waals surface area contributed by atoms with E-state index in [9.17, 15) is 18.0 Å². The zero-order valence-corrected chi connectivity index (χ0v) is 18.7. The van der Waals surface area contributed by atoms with Crippen molar-refractivity contribution in [3.05, 3.63) is 89.9 Å². The standard InChI is InChI=1S/C26H22F3N3O3/c27-26(28,29)20-9-6-18(7-10-20)17-35-21-4-1-3-19-8-11-23(30-24(19)21)31-12-14-32(15-13-31)25(33)22-5-2-16-34-22/h1-11,16H,12-15,17H2. The van der Waals surface area contributed by atoms with Crippen LogP contribution in [0.3, 0.4) is 0 Å². The van der Waals surface area contributed by atoms with Crippen molar-refractivity contribution in [3.8, 4) is 5.75 Å². The fraction of sp³-hybridized carbons (Fsp3) is 0.231. The highest BCUT2D eigenvalue weighted by molar-refractivity contribution is 5.91. The number of amides is 1. The molecule has 0 N–H and O–H groups in total. The molecule has 0 spiro atoms. The van der Waals surface area contributed by atoms with E-state index in [0.29, 0.717) is 48.8 Å². The van der Waals surface area contributed by atoms with Crippen LogP contribution in [0.5, 0.6) is 5.75 Å². The first-order valence-electron chi connectivity index (χ1n) is 11.1. The molecule has 9 heteroatoms. The summed E-state index contributed by atoms with van der Waals surface area (Å²) in [7, 11) is 0. The van der Waals surface area contributed by atoms with E-state index in [0.717, 1.165) is 23.3 Å². The van der Waals surface area contributed by atoms with Crippen LogP contribution < -0.4 is 9.64 Å². The summed E-state index contributed by atoms with van der Waals surface area (Å²) in [6.45, 7) is 2.46. The van der Waals surface area contributed by atoms with Gasteiger partial charge in [-0.2, -0.15) is 13.2 Å². The number of aromatic nitrogens is 1. The highest BCUT2D eigenvalue weighted by Crippen LogP contribution is 2.30. The molecule has 0 aliphatic carbocycles. The average Bonchev–Trinajstić information content (AvgIpc) is 3.42. The predicted molar refractivity (Wildman–Crippen MR) is 124 cm³/mol. The minimum absolute atomic E-state index is 0.122. The number of para-hydroxylation sites is 1. The number of fused-ring (bicyclic) bond motifs is 1. The van der Waals surface area contributed by atoms with Crippen LogP contribution in [0.4, 0.5) is 19.0 Å². The lowest BCUT2D eigenvalue weighted by Gasteiger charge is -2.35. The quantitative estimate of drug-likeness (QED) is 0.383. The minimum Gasteiger partial charge on any atom is -0.487 e. The maximum absolute atomic E-state index is 12.8. The van der Waals surface area contributed by atoms with Gasteiger partial charge in [-0.1, -0.05) is 24.3 Å². The van der Waals surface area contributed by atoms with Crippen molar-refractivity contribution in [3.63, 3.8) is 0 Å². The molecule has 1 aliphatic heterocycles. The molecular formula is C26H22F3N3O3. The number of nitrogens with zero attached hydrogens (tertiary/aromatic N) is 3. The van der Waals surface area contributed by atoms with E-state index in [1.807, 2.05) is 24.3 Å². The minimum atomic E-state index is -4.37. The van der Waals surface area contributed by atoms with Gasteiger partial charge in [0.25, 0.3) is 5.91 Å².